The minimum absolute atomic E-state index is 0.253. The smallest absolute Gasteiger partial charge is 0.319 e. The number of urea groups is 1. The normalized spacial score (nSPS) is 14.5. The number of pyridine rings is 1. The number of fused-ring (bicyclic) bond motifs is 2. The van der Waals surface area contributed by atoms with E-state index in [1.807, 2.05) is 54.6 Å². The fourth-order valence-electron chi connectivity index (χ4n) is 4.27. The predicted molar refractivity (Wildman–Crippen MR) is 132 cm³/mol. The highest BCUT2D eigenvalue weighted by molar-refractivity contribution is 5.92. The van der Waals surface area contributed by atoms with Crippen LogP contribution in [-0.2, 0) is 13.0 Å². The van der Waals surface area contributed by atoms with Crippen molar-refractivity contribution in [3.05, 3.63) is 95.6 Å². The van der Waals surface area contributed by atoms with Gasteiger partial charge in [-0.1, -0.05) is 36.4 Å². The standard InChI is InChI=1S/C27H26N4O2/c1-33-22-11-6-18(7-12-22)17-28-27(32)29-21-10-14-24-20(16-21)9-15-26(30-24)31-25-13-8-19-4-2-3-5-23(19)25/h2-7,9-12,14-16,25H,8,13,17H2,1H3,(H,30,31)(H2,28,29,32). The lowest BCUT2D eigenvalue weighted by molar-refractivity contribution is 0.251. The van der Waals surface area contributed by atoms with Crippen molar-refractivity contribution >= 4 is 28.4 Å². The Morgan fingerprint density at radius 2 is 1.88 bits per heavy atom. The van der Waals surface area contributed by atoms with E-state index in [0.717, 1.165) is 46.6 Å². The van der Waals surface area contributed by atoms with E-state index in [9.17, 15) is 4.79 Å². The minimum atomic E-state index is -0.253. The van der Waals surface area contributed by atoms with E-state index in [-0.39, 0.29) is 6.03 Å². The number of nitrogens with one attached hydrogen (secondary N) is 3. The lowest BCUT2D eigenvalue weighted by atomic mass is 10.1. The number of aryl methyl sites for hydroxylation is 1. The average Bonchev–Trinajstić information content (AvgIpc) is 3.26. The van der Waals surface area contributed by atoms with Gasteiger partial charge in [0.2, 0.25) is 0 Å². The molecule has 1 aromatic heterocycles. The third-order valence-electron chi connectivity index (χ3n) is 6.01. The molecule has 3 aromatic carbocycles. The monoisotopic (exact) mass is 438 g/mol. The zero-order valence-corrected chi connectivity index (χ0v) is 18.5. The number of carbonyl (C=O) groups is 1. The molecule has 1 unspecified atom stereocenters. The number of ether oxygens (including phenoxy) is 1. The molecule has 0 bridgehead atoms. The van der Waals surface area contributed by atoms with Crippen LogP contribution >= 0.6 is 0 Å². The van der Waals surface area contributed by atoms with Gasteiger partial charge in [-0.3, -0.25) is 0 Å². The third kappa shape index (κ3) is 4.75. The second kappa shape index (κ2) is 9.20. The molecule has 6 heteroatoms. The van der Waals surface area contributed by atoms with Gasteiger partial charge in [0, 0.05) is 17.6 Å². The van der Waals surface area contributed by atoms with Crippen molar-refractivity contribution in [3.8, 4) is 5.75 Å². The first-order valence-electron chi connectivity index (χ1n) is 11.1. The fourth-order valence-corrected chi connectivity index (χ4v) is 4.27. The Morgan fingerprint density at radius 1 is 1.03 bits per heavy atom. The van der Waals surface area contributed by atoms with Crippen LogP contribution in [0.4, 0.5) is 16.3 Å². The highest BCUT2D eigenvalue weighted by atomic mass is 16.5. The number of hydrogen-bond acceptors (Lipinski definition) is 4. The van der Waals surface area contributed by atoms with Gasteiger partial charge < -0.3 is 20.7 Å². The number of aromatic nitrogens is 1. The van der Waals surface area contributed by atoms with Gasteiger partial charge >= 0.3 is 6.03 Å². The maximum Gasteiger partial charge on any atom is 0.319 e. The predicted octanol–water partition coefficient (Wildman–Crippen LogP) is 5.66. The molecule has 33 heavy (non-hydrogen) atoms. The maximum atomic E-state index is 12.3. The summed E-state index contributed by atoms with van der Waals surface area (Å²) in [4.78, 5) is 17.1. The second-order valence-corrected chi connectivity index (χ2v) is 8.19. The van der Waals surface area contributed by atoms with Gasteiger partial charge in [0.1, 0.15) is 11.6 Å². The van der Waals surface area contributed by atoms with E-state index in [1.54, 1.807) is 7.11 Å². The van der Waals surface area contributed by atoms with Crippen LogP contribution in [0, 0.1) is 0 Å². The van der Waals surface area contributed by atoms with Crippen molar-refractivity contribution in [2.45, 2.75) is 25.4 Å². The molecule has 0 saturated carbocycles. The van der Waals surface area contributed by atoms with E-state index >= 15 is 0 Å². The van der Waals surface area contributed by atoms with E-state index < -0.39 is 0 Å². The maximum absolute atomic E-state index is 12.3. The van der Waals surface area contributed by atoms with Crippen LogP contribution in [0.2, 0.25) is 0 Å². The average molecular weight is 439 g/mol. The van der Waals surface area contributed by atoms with Crippen molar-refractivity contribution < 1.29 is 9.53 Å². The van der Waals surface area contributed by atoms with Crippen molar-refractivity contribution in [3.63, 3.8) is 0 Å². The Bertz CT molecular complexity index is 1290. The van der Waals surface area contributed by atoms with Gasteiger partial charge in [-0.2, -0.15) is 0 Å². The van der Waals surface area contributed by atoms with Gasteiger partial charge in [0.25, 0.3) is 0 Å². The number of rotatable bonds is 6. The number of hydrogen-bond donors (Lipinski definition) is 3. The van der Waals surface area contributed by atoms with Gasteiger partial charge in [-0.25, -0.2) is 9.78 Å². The summed E-state index contributed by atoms with van der Waals surface area (Å²) in [5.74, 6) is 1.65. The SMILES string of the molecule is COc1ccc(CNC(=O)Nc2ccc3nc(NC4CCc5ccccc54)ccc3c2)cc1. The summed E-state index contributed by atoms with van der Waals surface area (Å²) in [6.45, 7) is 0.435. The summed E-state index contributed by atoms with van der Waals surface area (Å²) in [5, 5.41) is 10.3. The second-order valence-electron chi connectivity index (χ2n) is 8.19. The van der Waals surface area contributed by atoms with Crippen molar-refractivity contribution in [1.82, 2.24) is 10.3 Å². The Labute approximate surface area is 193 Å². The lowest BCUT2D eigenvalue weighted by Crippen LogP contribution is -2.28. The Hall–Kier alpha value is -4.06. The zero-order chi connectivity index (χ0) is 22.6. The zero-order valence-electron chi connectivity index (χ0n) is 18.5. The molecule has 0 radical (unpaired) electrons. The molecule has 1 heterocycles. The van der Waals surface area contributed by atoms with Crippen molar-refractivity contribution in [2.75, 3.05) is 17.7 Å². The van der Waals surface area contributed by atoms with Gasteiger partial charge in [-0.15, -0.1) is 0 Å². The first kappa shape index (κ1) is 20.8. The molecule has 1 aliphatic rings. The minimum Gasteiger partial charge on any atom is -0.497 e. The van der Waals surface area contributed by atoms with Crippen molar-refractivity contribution in [2.24, 2.45) is 0 Å². The molecule has 3 N–H and O–H groups in total. The summed E-state index contributed by atoms with van der Waals surface area (Å²) in [6.07, 6.45) is 2.17. The molecular weight excluding hydrogens is 412 g/mol. The Balaban J connectivity index is 1.21. The third-order valence-corrected chi connectivity index (χ3v) is 6.01. The summed E-state index contributed by atoms with van der Waals surface area (Å²) in [5.41, 5.74) is 5.38. The van der Waals surface area contributed by atoms with Gasteiger partial charge in [0.05, 0.1) is 18.7 Å². The number of methoxy groups -OCH3 is 1. The van der Waals surface area contributed by atoms with Crippen LogP contribution in [0.1, 0.15) is 29.2 Å². The molecule has 4 aromatic rings. The van der Waals surface area contributed by atoms with Crippen LogP contribution in [0.25, 0.3) is 10.9 Å². The van der Waals surface area contributed by atoms with Crippen LogP contribution in [0.3, 0.4) is 0 Å². The van der Waals surface area contributed by atoms with Crippen LogP contribution in [0.15, 0.2) is 78.9 Å². The molecule has 166 valence electrons. The molecule has 1 aliphatic carbocycles. The van der Waals surface area contributed by atoms with Crippen LogP contribution in [-0.4, -0.2) is 18.1 Å². The van der Waals surface area contributed by atoms with E-state index in [1.165, 1.54) is 11.1 Å². The molecule has 5 rings (SSSR count). The molecule has 1 atom stereocenters. The first-order valence-corrected chi connectivity index (χ1v) is 11.1. The number of anilines is 2. The van der Waals surface area contributed by atoms with Crippen LogP contribution < -0.4 is 20.7 Å². The van der Waals surface area contributed by atoms with Crippen molar-refractivity contribution in [1.29, 1.82) is 0 Å². The highest BCUT2D eigenvalue weighted by Gasteiger charge is 2.21. The molecule has 0 fully saturated rings. The fraction of sp³-hybridized carbons (Fsp3) is 0.185. The van der Waals surface area contributed by atoms with E-state index in [2.05, 4.69) is 40.2 Å². The molecule has 2 amide bonds. The van der Waals surface area contributed by atoms with Crippen LogP contribution in [0.5, 0.6) is 5.75 Å². The number of nitrogens with zero attached hydrogens (tertiary/aromatic N) is 1. The topological polar surface area (TPSA) is 75.3 Å². The molecule has 0 aliphatic heterocycles. The van der Waals surface area contributed by atoms with E-state index in [4.69, 9.17) is 9.72 Å². The summed E-state index contributed by atoms with van der Waals surface area (Å²) < 4.78 is 5.15. The largest absolute Gasteiger partial charge is 0.497 e. The molecule has 0 spiro atoms. The highest BCUT2D eigenvalue weighted by Crippen LogP contribution is 2.33. The van der Waals surface area contributed by atoms with E-state index in [0.29, 0.717) is 12.6 Å². The summed E-state index contributed by atoms with van der Waals surface area (Å²) in [7, 11) is 1.63. The molecular formula is C27H26N4O2. The van der Waals surface area contributed by atoms with Gasteiger partial charge in [-0.05, 0) is 72.0 Å². The number of amides is 2. The number of carbonyl (C=O) groups excluding carboxylic acids is 1. The Kier molecular flexibility index (Phi) is 5.81. The Morgan fingerprint density at radius 3 is 2.73 bits per heavy atom. The summed E-state index contributed by atoms with van der Waals surface area (Å²) in [6, 6.07) is 26.0. The molecule has 0 saturated heterocycles. The van der Waals surface area contributed by atoms with Gasteiger partial charge in [0.15, 0.2) is 0 Å². The quantitative estimate of drug-likeness (QED) is 0.363. The molecule has 6 nitrogen and oxygen atoms in total. The first-order chi connectivity index (χ1) is 16.2. The lowest BCUT2D eigenvalue weighted by Gasteiger charge is -2.15. The summed E-state index contributed by atoms with van der Waals surface area (Å²) >= 11 is 0. The number of benzene rings is 3.